The van der Waals surface area contributed by atoms with Crippen LogP contribution in [0.5, 0.6) is 0 Å². The Morgan fingerprint density at radius 2 is 1.76 bits per heavy atom. The summed E-state index contributed by atoms with van der Waals surface area (Å²) in [7, 11) is 0. The Hall–Kier alpha value is -0.740. The van der Waals surface area contributed by atoms with Gasteiger partial charge in [-0.25, -0.2) is 4.98 Å². The van der Waals surface area contributed by atoms with E-state index in [-0.39, 0.29) is 9.52 Å². The number of nitrogens with zero attached hydrogens (tertiary/aromatic N) is 1. The van der Waals surface area contributed by atoms with Crippen molar-refractivity contribution < 1.29 is 0 Å². The molecule has 0 amide bonds. The van der Waals surface area contributed by atoms with Gasteiger partial charge in [0.15, 0.2) is 5.13 Å². The lowest BCUT2D eigenvalue weighted by Gasteiger charge is -2.00. The number of thiazole rings is 1. The van der Waals surface area contributed by atoms with Gasteiger partial charge in [-0.1, -0.05) is 76.5 Å². The molecule has 1 aromatic carbocycles. The molecule has 0 aliphatic heterocycles. The summed E-state index contributed by atoms with van der Waals surface area (Å²) in [5, 5.41) is 0.688. The maximum Gasteiger partial charge on any atom is 0.181 e. The number of benzene rings is 1. The molecule has 2 aromatic rings. The third kappa shape index (κ3) is 2.75. The molecule has 2 N–H and O–H groups in total. The zero-order chi connectivity index (χ0) is 12.4. The number of halogens is 3. The number of hydrogen-bond donors (Lipinski definition) is 1. The molecule has 0 fully saturated rings. The van der Waals surface area contributed by atoms with Crippen LogP contribution in [0.4, 0.5) is 5.13 Å². The van der Waals surface area contributed by atoms with E-state index in [1.165, 1.54) is 11.3 Å². The van der Waals surface area contributed by atoms with E-state index in [9.17, 15) is 0 Å². The molecule has 0 radical (unpaired) electrons. The van der Waals surface area contributed by atoms with Gasteiger partial charge in [0.25, 0.3) is 0 Å². The van der Waals surface area contributed by atoms with Crippen LogP contribution in [-0.4, -0.2) is 4.98 Å². The monoisotopic (exact) mass is 304 g/mol. The standard InChI is InChI=1S/C11H7Cl3N2S/c12-7(10(13)14)9-8(16-11(15)17-9)6-4-2-1-3-5-6/h1-5H,(H2,15,16). The fraction of sp³-hybridized carbons (Fsp3) is 0. The highest BCUT2D eigenvalue weighted by Crippen LogP contribution is 2.39. The first-order valence-corrected chi connectivity index (χ1v) is 6.57. The van der Waals surface area contributed by atoms with Crippen LogP contribution in [0.25, 0.3) is 16.3 Å². The Bertz CT molecular complexity index is 559. The van der Waals surface area contributed by atoms with Gasteiger partial charge in [-0.3, -0.25) is 0 Å². The van der Waals surface area contributed by atoms with Gasteiger partial charge in [0.05, 0.1) is 15.6 Å². The van der Waals surface area contributed by atoms with E-state index in [0.29, 0.717) is 15.7 Å². The molecule has 1 heterocycles. The van der Waals surface area contributed by atoms with Crippen molar-refractivity contribution in [1.29, 1.82) is 0 Å². The Morgan fingerprint density at radius 3 is 2.35 bits per heavy atom. The fourth-order valence-electron chi connectivity index (χ4n) is 1.36. The number of hydrogen-bond acceptors (Lipinski definition) is 3. The molecule has 0 unspecified atom stereocenters. The van der Waals surface area contributed by atoms with Crippen LogP contribution in [0.3, 0.4) is 0 Å². The third-order valence-corrected chi connectivity index (χ3v) is 4.02. The SMILES string of the molecule is Nc1nc(-c2ccccc2)c(C(Cl)=C(Cl)Cl)s1. The molecule has 88 valence electrons. The molecule has 1 aromatic heterocycles. The number of aromatic nitrogens is 1. The van der Waals surface area contributed by atoms with Gasteiger partial charge in [0, 0.05) is 5.56 Å². The topological polar surface area (TPSA) is 38.9 Å². The van der Waals surface area contributed by atoms with Crippen molar-refractivity contribution in [3.05, 3.63) is 39.7 Å². The molecular formula is C11H7Cl3N2S. The Balaban J connectivity index is 2.60. The summed E-state index contributed by atoms with van der Waals surface area (Å²) in [5.41, 5.74) is 7.31. The first-order valence-electron chi connectivity index (χ1n) is 4.62. The van der Waals surface area contributed by atoms with E-state index in [1.807, 2.05) is 30.3 Å². The van der Waals surface area contributed by atoms with E-state index in [1.54, 1.807) is 0 Å². The van der Waals surface area contributed by atoms with Gasteiger partial charge >= 0.3 is 0 Å². The van der Waals surface area contributed by atoms with Gasteiger partial charge in [0.2, 0.25) is 0 Å². The minimum absolute atomic E-state index is 0.00694. The molecular weight excluding hydrogens is 299 g/mol. The number of nitrogen functional groups attached to an aromatic ring is 1. The van der Waals surface area contributed by atoms with Crippen molar-refractivity contribution in [2.75, 3.05) is 5.73 Å². The first-order chi connectivity index (χ1) is 8.09. The summed E-state index contributed by atoms with van der Waals surface area (Å²) < 4.78 is 0.00694. The Kier molecular flexibility index (Phi) is 3.94. The van der Waals surface area contributed by atoms with Gasteiger partial charge in [-0.2, -0.15) is 0 Å². The lowest BCUT2D eigenvalue weighted by atomic mass is 10.1. The highest BCUT2D eigenvalue weighted by atomic mass is 35.5. The second-order valence-electron chi connectivity index (χ2n) is 3.17. The summed E-state index contributed by atoms with van der Waals surface area (Å²) >= 11 is 18.7. The number of nitrogens with two attached hydrogens (primary N) is 1. The average Bonchev–Trinajstić information content (AvgIpc) is 2.71. The zero-order valence-electron chi connectivity index (χ0n) is 8.45. The summed E-state index contributed by atoms with van der Waals surface area (Å²) in [6.07, 6.45) is 0. The molecule has 17 heavy (non-hydrogen) atoms. The molecule has 0 spiro atoms. The lowest BCUT2D eigenvalue weighted by molar-refractivity contribution is 1.40. The van der Waals surface area contributed by atoms with Crippen LogP contribution in [0.1, 0.15) is 4.88 Å². The van der Waals surface area contributed by atoms with Gasteiger partial charge in [-0.05, 0) is 0 Å². The normalized spacial score (nSPS) is 10.3. The molecule has 6 heteroatoms. The predicted octanol–water partition coefficient (Wildman–Crippen LogP) is 4.73. The molecule has 2 nitrogen and oxygen atoms in total. The molecule has 2 rings (SSSR count). The lowest BCUT2D eigenvalue weighted by Crippen LogP contribution is -1.84. The van der Waals surface area contributed by atoms with Crippen LogP contribution >= 0.6 is 46.1 Å². The average molecular weight is 306 g/mol. The summed E-state index contributed by atoms with van der Waals surface area (Å²) in [5.74, 6) is 0. The molecule has 0 bridgehead atoms. The van der Waals surface area contributed by atoms with E-state index in [0.717, 1.165) is 5.56 Å². The van der Waals surface area contributed by atoms with E-state index in [2.05, 4.69) is 4.98 Å². The van der Waals surface area contributed by atoms with Crippen molar-refractivity contribution in [3.8, 4) is 11.3 Å². The zero-order valence-corrected chi connectivity index (χ0v) is 11.5. The minimum atomic E-state index is 0.00694. The van der Waals surface area contributed by atoms with Gasteiger partial charge < -0.3 is 5.73 Å². The van der Waals surface area contributed by atoms with E-state index in [4.69, 9.17) is 40.5 Å². The summed E-state index contributed by atoms with van der Waals surface area (Å²) in [6.45, 7) is 0. The Labute approximate surface area is 118 Å². The second kappa shape index (κ2) is 5.27. The number of rotatable bonds is 2. The minimum Gasteiger partial charge on any atom is -0.375 e. The van der Waals surface area contributed by atoms with Crippen LogP contribution in [-0.2, 0) is 0 Å². The molecule has 0 atom stereocenters. The van der Waals surface area contributed by atoms with Crippen molar-refractivity contribution in [1.82, 2.24) is 4.98 Å². The number of anilines is 1. The third-order valence-electron chi connectivity index (χ3n) is 2.06. The predicted molar refractivity (Wildman–Crippen MR) is 76.4 cm³/mol. The van der Waals surface area contributed by atoms with Gasteiger partial charge in [0.1, 0.15) is 4.49 Å². The summed E-state index contributed by atoms with van der Waals surface area (Å²) in [4.78, 5) is 4.92. The molecule has 0 aliphatic rings. The van der Waals surface area contributed by atoms with E-state index >= 15 is 0 Å². The molecule has 0 saturated carbocycles. The van der Waals surface area contributed by atoms with Crippen molar-refractivity contribution in [2.24, 2.45) is 0 Å². The van der Waals surface area contributed by atoms with Crippen molar-refractivity contribution in [3.63, 3.8) is 0 Å². The molecule has 0 aliphatic carbocycles. The van der Waals surface area contributed by atoms with Crippen LogP contribution < -0.4 is 5.73 Å². The summed E-state index contributed by atoms with van der Waals surface area (Å²) in [6, 6.07) is 9.59. The van der Waals surface area contributed by atoms with Gasteiger partial charge in [-0.15, -0.1) is 0 Å². The maximum absolute atomic E-state index is 6.04. The smallest absolute Gasteiger partial charge is 0.181 e. The van der Waals surface area contributed by atoms with Crippen LogP contribution in [0, 0.1) is 0 Å². The fourth-order valence-corrected chi connectivity index (χ4v) is 2.67. The van der Waals surface area contributed by atoms with Crippen molar-refractivity contribution >= 4 is 56.3 Å². The highest BCUT2D eigenvalue weighted by Gasteiger charge is 2.16. The second-order valence-corrected chi connectivity index (χ2v) is 5.53. The highest BCUT2D eigenvalue weighted by molar-refractivity contribution is 7.17. The maximum atomic E-state index is 6.04. The van der Waals surface area contributed by atoms with Crippen LogP contribution in [0.15, 0.2) is 34.8 Å². The Morgan fingerprint density at radius 1 is 1.12 bits per heavy atom. The van der Waals surface area contributed by atoms with Crippen LogP contribution in [0.2, 0.25) is 0 Å². The largest absolute Gasteiger partial charge is 0.375 e. The quantitative estimate of drug-likeness (QED) is 0.870. The first kappa shape index (κ1) is 12.7. The molecule has 0 saturated heterocycles. The van der Waals surface area contributed by atoms with E-state index < -0.39 is 0 Å². The van der Waals surface area contributed by atoms with Crippen molar-refractivity contribution in [2.45, 2.75) is 0 Å².